The van der Waals surface area contributed by atoms with Gasteiger partial charge in [-0.25, -0.2) is 13.8 Å². The molecule has 0 saturated carbocycles. The average Bonchev–Trinajstić information content (AvgIpc) is 2.54. The Morgan fingerprint density at radius 3 is 2.50 bits per heavy atom. The summed E-state index contributed by atoms with van der Waals surface area (Å²) in [7, 11) is 0. The summed E-state index contributed by atoms with van der Waals surface area (Å²) in [6.45, 7) is 1.64. The molecule has 0 aliphatic carbocycles. The second-order valence-corrected chi connectivity index (χ2v) is 4.97. The zero-order chi connectivity index (χ0) is 17.9. The maximum Gasteiger partial charge on any atom is 0.433 e. The van der Waals surface area contributed by atoms with Crippen molar-refractivity contribution in [3.05, 3.63) is 58.8 Å². The molecule has 0 bridgehead atoms. The molecular weight excluding hydrogens is 329 g/mol. The number of rotatable bonds is 4. The number of hydrogen-bond donors (Lipinski definition) is 1. The fourth-order valence-corrected chi connectivity index (χ4v) is 2.16. The van der Waals surface area contributed by atoms with Crippen molar-refractivity contribution in [2.75, 3.05) is 5.32 Å². The lowest BCUT2D eigenvalue weighted by Gasteiger charge is -2.20. The molecule has 8 heteroatoms. The highest BCUT2D eigenvalue weighted by Gasteiger charge is 2.33. The van der Waals surface area contributed by atoms with E-state index in [-0.39, 0.29) is 23.4 Å². The number of alkyl halides is 3. The first-order valence-electron chi connectivity index (χ1n) is 6.96. The van der Waals surface area contributed by atoms with Crippen LogP contribution in [-0.2, 0) is 6.18 Å². The Labute approximate surface area is 134 Å². The van der Waals surface area contributed by atoms with Crippen LogP contribution in [0.3, 0.4) is 0 Å². The van der Waals surface area contributed by atoms with E-state index in [4.69, 9.17) is 5.26 Å². The van der Waals surface area contributed by atoms with Crippen molar-refractivity contribution in [1.29, 1.82) is 5.26 Å². The monoisotopic (exact) mass is 341 g/mol. The molecule has 1 heterocycles. The first kappa shape index (κ1) is 17.7. The van der Waals surface area contributed by atoms with Gasteiger partial charge in [0, 0.05) is 5.56 Å². The number of aromatic nitrogens is 1. The smallest absolute Gasteiger partial charge is 0.362 e. The van der Waals surface area contributed by atoms with Gasteiger partial charge in [-0.1, -0.05) is 6.92 Å². The van der Waals surface area contributed by atoms with Crippen molar-refractivity contribution in [2.45, 2.75) is 25.6 Å². The van der Waals surface area contributed by atoms with Gasteiger partial charge in [-0.05, 0) is 36.8 Å². The topological polar surface area (TPSA) is 48.7 Å². The first-order chi connectivity index (χ1) is 11.3. The third-order valence-corrected chi connectivity index (χ3v) is 3.36. The Morgan fingerprint density at radius 1 is 1.21 bits per heavy atom. The summed E-state index contributed by atoms with van der Waals surface area (Å²) in [6, 6.07) is 5.37. The van der Waals surface area contributed by atoms with Crippen LogP contribution >= 0.6 is 0 Å². The van der Waals surface area contributed by atoms with E-state index in [1.54, 1.807) is 13.0 Å². The molecule has 0 spiro atoms. The van der Waals surface area contributed by atoms with Crippen LogP contribution in [0.15, 0.2) is 30.3 Å². The van der Waals surface area contributed by atoms with Crippen LogP contribution in [-0.4, -0.2) is 4.98 Å². The molecule has 2 aromatic rings. The van der Waals surface area contributed by atoms with Gasteiger partial charge in [0.05, 0.1) is 11.6 Å². The highest BCUT2D eigenvalue weighted by Crippen LogP contribution is 2.31. The number of benzene rings is 1. The lowest BCUT2D eigenvalue weighted by Crippen LogP contribution is -2.16. The Morgan fingerprint density at radius 2 is 1.92 bits per heavy atom. The molecule has 3 nitrogen and oxygen atoms in total. The standard InChI is InChI=1S/C16H12F5N3/c1-2-13(11-7-10(17)4-5-12(11)18)23-15-9(8-22)3-6-14(24-15)16(19,20)21/h3-7,13H,2H2,1H3,(H,23,24). The van der Waals surface area contributed by atoms with Gasteiger partial charge in [0.15, 0.2) is 0 Å². The SMILES string of the molecule is CCC(Nc1nc(C(F)(F)F)ccc1C#N)c1cc(F)ccc1F. The summed E-state index contributed by atoms with van der Waals surface area (Å²) in [6.07, 6.45) is -4.45. The summed E-state index contributed by atoms with van der Waals surface area (Å²) in [5.74, 6) is -1.71. The van der Waals surface area contributed by atoms with Gasteiger partial charge < -0.3 is 5.32 Å². The van der Waals surface area contributed by atoms with E-state index in [9.17, 15) is 22.0 Å². The molecule has 1 aromatic carbocycles. The zero-order valence-corrected chi connectivity index (χ0v) is 12.5. The van der Waals surface area contributed by atoms with Crippen molar-refractivity contribution in [3.63, 3.8) is 0 Å². The maximum absolute atomic E-state index is 13.9. The Bertz CT molecular complexity index is 780. The average molecular weight is 341 g/mol. The Balaban J connectivity index is 2.44. The molecule has 126 valence electrons. The molecular formula is C16H12F5N3. The van der Waals surface area contributed by atoms with E-state index in [1.807, 2.05) is 0 Å². The van der Waals surface area contributed by atoms with Crippen LogP contribution in [0.2, 0.25) is 0 Å². The van der Waals surface area contributed by atoms with E-state index in [0.717, 1.165) is 24.3 Å². The van der Waals surface area contributed by atoms with Gasteiger partial charge in [0.25, 0.3) is 0 Å². The summed E-state index contributed by atoms with van der Waals surface area (Å²) < 4.78 is 65.6. The van der Waals surface area contributed by atoms with E-state index >= 15 is 0 Å². The fourth-order valence-electron chi connectivity index (χ4n) is 2.16. The first-order valence-corrected chi connectivity index (χ1v) is 6.96. The number of anilines is 1. The van der Waals surface area contributed by atoms with Gasteiger partial charge in [-0.3, -0.25) is 0 Å². The van der Waals surface area contributed by atoms with Crippen LogP contribution in [0.4, 0.5) is 27.8 Å². The van der Waals surface area contributed by atoms with E-state index in [1.165, 1.54) is 0 Å². The van der Waals surface area contributed by atoms with Crippen molar-refractivity contribution in [2.24, 2.45) is 0 Å². The fraction of sp³-hybridized carbons (Fsp3) is 0.250. The molecule has 2 rings (SSSR count). The van der Waals surface area contributed by atoms with E-state index < -0.39 is 29.5 Å². The molecule has 0 aliphatic rings. The molecule has 24 heavy (non-hydrogen) atoms. The van der Waals surface area contributed by atoms with Gasteiger partial charge in [0.1, 0.15) is 29.2 Å². The molecule has 0 fully saturated rings. The summed E-state index contributed by atoms with van der Waals surface area (Å²) >= 11 is 0. The minimum atomic E-state index is -4.68. The lowest BCUT2D eigenvalue weighted by molar-refractivity contribution is -0.141. The van der Waals surface area contributed by atoms with Crippen molar-refractivity contribution < 1.29 is 22.0 Å². The quantitative estimate of drug-likeness (QED) is 0.812. The minimum absolute atomic E-state index is 0.0550. The van der Waals surface area contributed by atoms with Gasteiger partial charge in [-0.15, -0.1) is 0 Å². The minimum Gasteiger partial charge on any atom is -0.362 e. The largest absolute Gasteiger partial charge is 0.433 e. The molecule has 0 radical (unpaired) electrons. The van der Waals surface area contributed by atoms with E-state index in [0.29, 0.717) is 6.07 Å². The molecule has 1 N–H and O–H groups in total. The maximum atomic E-state index is 13.9. The van der Waals surface area contributed by atoms with Crippen LogP contribution in [0.1, 0.15) is 36.2 Å². The molecule has 1 unspecified atom stereocenters. The predicted octanol–water partition coefficient (Wildman–Crippen LogP) is 4.81. The number of pyridine rings is 1. The van der Waals surface area contributed by atoms with Crippen LogP contribution < -0.4 is 5.32 Å². The van der Waals surface area contributed by atoms with E-state index in [2.05, 4.69) is 10.3 Å². The number of nitrogens with zero attached hydrogens (tertiary/aromatic N) is 2. The normalized spacial score (nSPS) is 12.5. The van der Waals surface area contributed by atoms with Gasteiger partial charge >= 0.3 is 6.18 Å². The number of hydrogen-bond acceptors (Lipinski definition) is 3. The molecule has 0 amide bonds. The molecule has 1 atom stereocenters. The number of nitrogens with one attached hydrogen (secondary N) is 1. The molecule has 1 aromatic heterocycles. The van der Waals surface area contributed by atoms with Gasteiger partial charge in [0.2, 0.25) is 0 Å². The van der Waals surface area contributed by atoms with Crippen molar-refractivity contribution in [1.82, 2.24) is 4.98 Å². The summed E-state index contributed by atoms with van der Waals surface area (Å²) in [5.41, 5.74) is -1.36. The predicted molar refractivity (Wildman–Crippen MR) is 77.0 cm³/mol. The highest BCUT2D eigenvalue weighted by atomic mass is 19.4. The van der Waals surface area contributed by atoms with Crippen LogP contribution in [0, 0.1) is 23.0 Å². The third-order valence-electron chi connectivity index (χ3n) is 3.36. The highest BCUT2D eigenvalue weighted by molar-refractivity contribution is 5.54. The van der Waals surface area contributed by atoms with Crippen molar-refractivity contribution in [3.8, 4) is 6.07 Å². The number of halogens is 5. The summed E-state index contributed by atoms with van der Waals surface area (Å²) in [5, 5.41) is 11.6. The molecule has 0 saturated heterocycles. The van der Waals surface area contributed by atoms with Gasteiger partial charge in [-0.2, -0.15) is 18.4 Å². The van der Waals surface area contributed by atoms with Crippen LogP contribution in [0.5, 0.6) is 0 Å². The van der Waals surface area contributed by atoms with Crippen LogP contribution in [0.25, 0.3) is 0 Å². The zero-order valence-electron chi connectivity index (χ0n) is 12.5. The Kier molecular flexibility index (Phi) is 5.02. The van der Waals surface area contributed by atoms with Crippen molar-refractivity contribution >= 4 is 5.82 Å². The second-order valence-electron chi connectivity index (χ2n) is 4.97. The second kappa shape index (κ2) is 6.83. The number of nitriles is 1. The third kappa shape index (κ3) is 3.79. The summed E-state index contributed by atoms with van der Waals surface area (Å²) in [4.78, 5) is 3.41. The molecule has 0 aliphatic heterocycles. The lowest BCUT2D eigenvalue weighted by atomic mass is 10.0. The Hall–Kier alpha value is -2.69.